The van der Waals surface area contributed by atoms with Crippen LogP contribution in [0.25, 0.3) is 16.9 Å². The van der Waals surface area contributed by atoms with Gasteiger partial charge in [-0.15, -0.1) is 5.10 Å². The van der Waals surface area contributed by atoms with Gasteiger partial charge in [0.15, 0.2) is 5.65 Å². The van der Waals surface area contributed by atoms with Crippen molar-refractivity contribution in [1.29, 1.82) is 0 Å². The molecule has 7 nitrogen and oxygen atoms in total. The Balaban J connectivity index is 1.76. The maximum Gasteiger partial charge on any atom is 0.335 e. The summed E-state index contributed by atoms with van der Waals surface area (Å²) >= 11 is 0. The van der Waals surface area contributed by atoms with Crippen LogP contribution in [0, 0.1) is 0 Å². The molecule has 27 heavy (non-hydrogen) atoms. The van der Waals surface area contributed by atoms with Crippen molar-refractivity contribution >= 4 is 11.6 Å². The molecule has 3 aromatic rings. The first-order valence-electron chi connectivity index (χ1n) is 9.16. The molecule has 0 bridgehead atoms. The van der Waals surface area contributed by atoms with E-state index >= 15 is 0 Å². The smallest absolute Gasteiger partial charge is 0.335 e. The second-order valence-electron chi connectivity index (χ2n) is 6.20. The largest absolute Gasteiger partial charge is 0.478 e. The summed E-state index contributed by atoms with van der Waals surface area (Å²) in [5, 5.41) is 13.7. The van der Waals surface area contributed by atoms with Gasteiger partial charge in [0.1, 0.15) is 0 Å². The zero-order valence-corrected chi connectivity index (χ0v) is 15.6. The van der Waals surface area contributed by atoms with Gasteiger partial charge in [-0.3, -0.25) is 0 Å². The van der Waals surface area contributed by atoms with Crippen molar-refractivity contribution in [2.24, 2.45) is 0 Å². The number of aromatic carboxylic acids is 1. The van der Waals surface area contributed by atoms with E-state index in [9.17, 15) is 9.90 Å². The molecule has 0 aliphatic heterocycles. The Morgan fingerprint density at radius 2 is 2.04 bits per heavy atom. The van der Waals surface area contributed by atoms with Crippen LogP contribution in [0.4, 0.5) is 0 Å². The Morgan fingerprint density at radius 1 is 1.22 bits per heavy atom. The second kappa shape index (κ2) is 8.64. The topological polar surface area (TPSA) is 80.0 Å². The fraction of sp³-hybridized carbons (Fsp3) is 0.350. The number of benzene rings is 1. The lowest BCUT2D eigenvalue weighted by molar-refractivity contribution is 0.0697. The number of fused-ring (bicyclic) bond motifs is 1. The first-order chi connectivity index (χ1) is 13.1. The highest BCUT2D eigenvalue weighted by atomic mass is 16.5. The minimum atomic E-state index is -0.962. The first kappa shape index (κ1) is 18.8. The number of nitrogens with zero attached hydrogens (tertiary/aromatic N) is 4. The van der Waals surface area contributed by atoms with Gasteiger partial charge in [-0.1, -0.05) is 26.0 Å². The molecule has 2 aromatic heterocycles. The van der Waals surface area contributed by atoms with E-state index in [1.54, 1.807) is 35.0 Å². The summed E-state index contributed by atoms with van der Waals surface area (Å²) in [4.78, 5) is 17.9. The molecule has 1 N–H and O–H groups in total. The summed E-state index contributed by atoms with van der Waals surface area (Å²) in [5.41, 5.74) is 2.38. The van der Waals surface area contributed by atoms with Crippen molar-refractivity contribution in [3.05, 3.63) is 48.2 Å². The van der Waals surface area contributed by atoms with Crippen molar-refractivity contribution in [3.63, 3.8) is 0 Å². The quantitative estimate of drug-likeness (QED) is 0.584. The van der Waals surface area contributed by atoms with Crippen LogP contribution in [0.15, 0.2) is 42.6 Å². The molecule has 0 saturated heterocycles. The molecule has 0 saturated carbocycles. The van der Waals surface area contributed by atoms with Crippen LogP contribution in [0.3, 0.4) is 0 Å². The van der Waals surface area contributed by atoms with Gasteiger partial charge in [0.05, 0.1) is 24.1 Å². The van der Waals surface area contributed by atoms with Crippen LogP contribution < -0.4 is 4.74 Å². The maximum absolute atomic E-state index is 11.2. The van der Waals surface area contributed by atoms with Crippen molar-refractivity contribution in [3.8, 4) is 17.1 Å². The molecule has 0 unspecified atom stereocenters. The third-order valence-electron chi connectivity index (χ3n) is 4.51. The standard InChI is InChI=1S/C20H24N4O3/c1-3-23(4-2)11-6-12-27-19-10-9-18-21-14-17(24(18)22-19)15-7-5-8-16(13-15)20(25)26/h5,7-10,13-14H,3-4,6,11-12H2,1-2H3,(H,25,26). The second-order valence-corrected chi connectivity index (χ2v) is 6.20. The summed E-state index contributed by atoms with van der Waals surface area (Å²) in [7, 11) is 0. The van der Waals surface area contributed by atoms with Gasteiger partial charge in [-0.2, -0.15) is 0 Å². The van der Waals surface area contributed by atoms with E-state index in [1.165, 1.54) is 0 Å². The number of rotatable bonds is 9. The van der Waals surface area contributed by atoms with Gasteiger partial charge in [0.2, 0.25) is 5.88 Å². The molecular weight excluding hydrogens is 344 g/mol. The Labute approximate surface area is 158 Å². The van der Waals surface area contributed by atoms with Gasteiger partial charge in [-0.25, -0.2) is 14.3 Å². The number of carboxylic acids is 1. The van der Waals surface area contributed by atoms with Crippen molar-refractivity contribution in [1.82, 2.24) is 19.5 Å². The molecule has 0 amide bonds. The molecule has 0 aliphatic rings. The first-order valence-corrected chi connectivity index (χ1v) is 9.16. The number of carboxylic acid groups (broad SMARTS) is 1. The molecular formula is C20H24N4O3. The number of hydrogen-bond donors (Lipinski definition) is 1. The zero-order chi connectivity index (χ0) is 19.2. The SMILES string of the molecule is CCN(CC)CCCOc1ccc2ncc(-c3cccc(C(=O)O)c3)n2n1. The van der Waals surface area contributed by atoms with E-state index < -0.39 is 5.97 Å². The number of imidazole rings is 1. The maximum atomic E-state index is 11.2. The van der Waals surface area contributed by atoms with Crippen LogP contribution in [-0.2, 0) is 0 Å². The van der Waals surface area contributed by atoms with Gasteiger partial charge < -0.3 is 14.7 Å². The summed E-state index contributed by atoms with van der Waals surface area (Å²) in [5.74, 6) is -0.438. The minimum absolute atomic E-state index is 0.228. The van der Waals surface area contributed by atoms with Gasteiger partial charge in [0.25, 0.3) is 0 Å². The predicted molar refractivity (Wildman–Crippen MR) is 103 cm³/mol. The predicted octanol–water partition coefficient (Wildman–Crippen LogP) is 3.21. The van der Waals surface area contributed by atoms with E-state index in [1.807, 2.05) is 12.1 Å². The van der Waals surface area contributed by atoms with Crippen LogP contribution >= 0.6 is 0 Å². The van der Waals surface area contributed by atoms with E-state index in [4.69, 9.17) is 4.74 Å². The van der Waals surface area contributed by atoms with Crippen molar-refractivity contribution in [2.45, 2.75) is 20.3 Å². The van der Waals surface area contributed by atoms with Gasteiger partial charge in [-0.05, 0) is 37.7 Å². The lowest BCUT2D eigenvalue weighted by Crippen LogP contribution is -2.25. The molecule has 0 spiro atoms. The minimum Gasteiger partial charge on any atom is -0.478 e. The zero-order valence-electron chi connectivity index (χ0n) is 15.6. The summed E-state index contributed by atoms with van der Waals surface area (Å²) in [6.45, 7) is 7.96. The Bertz CT molecular complexity index is 918. The molecule has 3 rings (SSSR count). The molecule has 0 fully saturated rings. The fourth-order valence-electron chi connectivity index (χ4n) is 2.95. The van der Waals surface area contributed by atoms with Crippen LogP contribution in [-0.4, -0.2) is 56.8 Å². The van der Waals surface area contributed by atoms with E-state index in [0.717, 1.165) is 37.3 Å². The Morgan fingerprint density at radius 3 is 2.78 bits per heavy atom. The Kier molecular flexibility index (Phi) is 6.03. The summed E-state index contributed by atoms with van der Waals surface area (Å²) < 4.78 is 7.48. The lowest BCUT2D eigenvalue weighted by Gasteiger charge is -2.17. The highest BCUT2D eigenvalue weighted by molar-refractivity contribution is 5.89. The van der Waals surface area contributed by atoms with Gasteiger partial charge >= 0.3 is 5.97 Å². The number of hydrogen-bond acceptors (Lipinski definition) is 5. The number of aromatic nitrogens is 3. The van der Waals surface area contributed by atoms with Crippen molar-refractivity contribution < 1.29 is 14.6 Å². The van der Waals surface area contributed by atoms with Crippen molar-refractivity contribution in [2.75, 3.05) is 26.2 Å². The average molecular weight is 368 g/mol. The average Bonchev–Trinajstić information content (AvgIpc) is 3.11. The number of ether oxygens (including phenoxy) is 1. The van der Waals surface area contributed by atoms with Crippen LogP contribution in [0.2, 0.25) is 0 Å². The molecule has 142 valence electrons. The van der Waals surface area contributed by atoms with E-state index in [-0.39, 0.29) is 5.56 Å². The normalized spacial score (nSPS) is 11.2. The highest BCUT2D eigenvalue weighted by Gasteiger charge is 2.11. The molecule has 7 heteroatoms. The summed E-state index contributed by atoms with van der Waals surface area (Å²) in [6.07, 6.45) is 2.62. The van der Waals surface area contributed by atoms with Crippen LogP contribution in [0.1, 0.15) is 30.6 Å². The molecule has 2 heterocycles. The molecule has 0 aliphatic carbocycles. The fourth-order valence-corrected chi connectivity index (χ4v) is 2.95. The monoisotopic (exact) mass is 368 g/mol. The molecule has 0 radical (unpaired) electrons. The third kappa shape index (κ3) is 4.43. The number of carbonyl (C=O) groups is 1. The van der Waals surface area contributed by atoms with Gasteiger partial charge in [0, 0.05) is 18.2 Å². The summed E-state index contributed by atoms with van der Waals surface area (Å²) in [6, 6.07) is 10.4. The van der Waals surface area contributed by atoms with Crippen LogP contribution in [0.5, 0.6) is 5.88 Å². The van der Waals surface area contributed by atoms with E-state index in [0.29, 0.717) is 18.1 Å². The van der Waals surface area contributed by atoms with E-state index in [2.05, 4.69) is 28.8 Å². The highest BCUT2D eigenvalue weighted by Crippen LogP contribution is 2.22. The molecule has 0 atom stereocenters. The Hall–Kier alpha value is -2.93. The lowest BCUT2D eigenvalue weighted by atomic mass is 10.1. The molecule has 1 aromatic carbocycles. The third-order valence-corrected chi connectivity index (χ3v) is 4.51.